The van der Waals surface area contributed by atoms with Crippen LogP contribution < -0.4 is 9.47 Å². The second-order valence-electron chi connectivity index (χ2n) is 7.92. The van der Waals surface area contributed by atoms with E-state index in [9.17, 15) is 4.79 Å². The molecule has 0 unspecified atom stereocenters. The van der Waals surface area contributed by atoms with Gasteiger partial charge in [0.15, 0.2) is 0 Å². The lowest BCUT2D eigenvalue weighted by Gasteiger charge is -2.32. The number of pyridine rings is 1. The summed E-state index contributed by atoms with van der Waals surface area (Å²) in [7, 11) is 3.18. The third-order valence-corrected chi connectivity index (χ3v) is 5.92. The van der Waals surface area contributed by atoms with Crippen LogP contribution in [-0.4, -0.2) is 43.1 Å². The van der Waals surface area contributed by atoms with Gasteiger partial charge in [0.1, 0.15) is 11.5 Å². The number of methoxy groups -OCH3 is 2. The van der Waals surface area contributed by atoms with Gasteiger partial charge in [0.05, 0.1) is 19.8 Å². The Labute approximate surface area is 183 Å². The lowest BCUT2D eigenvalue weighted by molar-refractivity contribution is 0.0708. The second-order valence-corrected chi connectivity index (χ2v) is 7.92. The van der Waals surface area contributed by atoms with Crippen LogP contribution in [-0.2, 0) is 0 Å². The molecule has 1 amide bonds. The van der Waals surface area contributed by atoms with Crippen molar-refractivity contribution >= 4 is 5.91 Å². The number of carbonyl (C=O) groups is 1. The first-order chi connectivity index (χ1) is 15.1. The van der Waals surface area contributed by atoms with Crippen LogP contribution in [0.1, 0.15) is 40.5 Å². The molecule has 1 saturated heterocycles. The Hall–Kier alpha value is -3.34. The molecular weight excluding hydrogens is 388 g/mol. The average Bonchev–Trinajstić information content (AvgIpc) is 2.83. The molecule has 0 spiro atoms. The minimum absolute atomic E-state index is 0.0172. The van der Waals surface area contributed by atoms with Gasteiger partial charge < -0.3 is 14.4 Å². The van der Waals surface area contributed by atoms with E-state index in [1.54, 1.807) is 32.4 Å². The smallest absolute Gasteiger partial charge is 0.257 e. The third kappa shape index (κ3) is 4.55. The molecule has 1 aliphatic heterocycles. The van der Waals surface area contributed by atoms with Crippen molar-refractivity contribution in [1.82, 2.24) is 9.88 Å². The number of rotatable bonds is 5. The number of amides is 1. The fourth-order valence-electron chi connectivity index (χ4n) is 4.23. The summed E-state index contributed by atoms with van der Waals surface area (Å²) in [6, 6.07) is 20.1. The van der Waals surface area contributed by atoms with Crippen molar-refractivity contribution in [2.75, 3.05) is 27.3 Å². The molecule has 0 atom stereocenters. The largest absolute Gasteiger partial charge is 0.497 e. The number of piperidine rings is 1. The minimum atomic E-state index is -0.0172. The number of carbonyl (C=O) groups excluding carboxylic acids is 1. The summed E-state index contributed by atoms with van der Waals surface area (Å²) in [6.07, 6.45) is 1.78. The highest BCUT2D eigenvalue weighted by molar-refractivity contribution is 5.97. The standard InChI is InChI=1S/C26H28N2O3/c1-18-15-21(19-7-5-4-6-8-19)16-24(27-18)20-11-13-28(14-12-20)26(29)23-17-22(30-2)9-10-25(23)31-3/h4-10,15-17,20H,11-14H2,1-3H3. The Kier molecular flexibility index (Phi) is 6.21. The highest BCUT2D eigenvalue weighted by atomic mass is 16.5. The number of likely N-dealkylation sites (tertiary alicyclic amines) is 1. The van der Waals surface area contributed by atoms with Gasteiger partial charge in [0, 0.05) is 30.4 Å². The van der Waals surface area contributed by atoms with Crippen LogP contribution >= 0.6 is 0 Å². The Morgan fingerprint density at radius 2 is 1.68 bits per heavy atom. The van der Waals surface area contributed by atoms with Crippen LogP contribution in [0.3, 0.4) is 0 Å². The molecule has 0 bridgehead atoms. The number of ether oxygens (including phenoxy) is 2. The van der Waals surface area contributed by atoms with E-state index in [0.29, 0.717) is 36.1 Å². The van der Waals surface area contributed by atoms with Crippen molar-refractivity contribution in [2.45, 2.75) is 25.7 Å². The van der Waals surface area contributed by atoms with E-state index in [1.807, 2.05) is 17.9 Å². The monoisotopic (exact) mass is 416 g/mol. The van der Waals surface area contributed by atoms with Crippen LogP contribution in [0.15, 0.2) is 60.7 Å². The van der Waals surface area contributed by atoms with E-state index in [-0.39, 0.29) is 5.91 Å². The van der Waals surface area contributed by atoms with E-state index in [1.165, 1.54) is 11.1 Å². The third-order valence-electron chi connectivity index (χ3n) is 5.92. The average molecular weight is 417 g/mol. The van der Waals surface area contributed by atoms with Crippen molar-refractivity contribution in [2.24, 2.45) is 0 Å². The summed E-state index contributed by atoms with van der Waals surface area (Å²) >= 11 is 0. The molecule has 1 aromatic heterocycles. The van der Waals surface area contributed by atoms with Crippen LogP contribution in [0.25, 0.3) is 11.1 Å². The fourth-order valence-corrected chi connectivity index (χ4v) is 4.23. The summed E-state index contributed by atoms with van der Waals surface area (Å²) in [4.78, 5) is 19.9. The highest BCUT2D eigenvalue weighted by Crippen LogP contribution is 2.32. The zero-order chi connectivity index (χ0) is 21.8. The fraction of sp³-hybridized carbons (Fsp3) is 0.308. The van der Waals surface area contributed by atoms with Gasteiger partial charge in [-0.15, -0.1) is 0 Å². The molecule has 1 aliphatic rings. The highest BCUT2D eigenvalue weighted by Gasteiger charge is 2.27. The van der Waals surface area contributed by atoms with E-state index < -0.39 is 0 Å². The Morgan fingerprint density at radius 1 is 0.935 bits per heavy atom. The lowest BCUT2D eigenvalue weighted by atomic mass is 9.91. The molecule has 0 aliphatic carbocycles. The summed E-state index contributed by atoms with van der Waals surface area (Å²) in [5.41, 5.74) is 5.08. The second kappa shape index (κ2) is 9.21. The van der Waals surface area contributed by atoms with E-state index >= 15 is 0 Å². The summed E-state index contributed by atoms with van der Waals surface area (Å²) in [6.45, 7) is 3.43. The van der Waals surface area contributed by atoms with E-state index in [0.717, 1.165) is 24.2 Å². The molecule has 5 nitrogen and oxygen atoms in total. The summed E-state index contributed by atoms with van der Waals surface area (Å²) < 4.78 is 10.7. The SMILES string of the molecule is COc1ccc(OC)c(C(=O)N2CCC(c3cc(-c4ccccc4)cc(C)n3)CC2)c1. The molecule has 31 heavy (non-hydrogen) atoms. The van der Waals surface area contributed by atoms with Gasteiger partial charge in [-0.2, -0.15) is 0 Å². The van der Waals surface area contributed by atoms with Gasteiger partial charge in [-0.05, 0) is 61.2 Å². The number of benzene rings is 2. The number of nitrogens with zero attached hydrogens (tertiary/aromatic N) is 2. The topological polar surface area (TPSA) is 51.7 Å². The lowest BCUT2D eigenvalue weighted by Crippen LogP contribution is -2.38. The molecule has 2 aromatic carbocycles. The summed E-state index contributed by atoms with van der Waals surface area (Å²) in [5, 5.41) is 0. The van der Waals surface area contributed by atoms with Crippen LogP contribution in [0, 0.1) is 6.92 Å². The molecular formula is C26H28N2O3. The molecule has 0 saturated carbocycles. The molecule has 5 heteroatoms. The van der Waals surface area contributed by atoms with Crippen LogP contribution in [0.2, 0.25) is 0 Å². The van der Waals surface area contributed by atoms with Gasteiger partial charge in [-0.3, -0.25) is 9.78 Å². The van der Waals surface area contributed by atoms with Crippen LogP contribution in [0.5, 0.6) is 11.5 Å². The van der Waals surface area contributed by atoms with Crippen LogP contribution in [0.4, 0.5) is 0 Å². The van der Waals surface area contributed by atoms with E-state index in [2.05, 4.69) is 36.4 Å². The maximum atomic E-state index is 13.2. The predicted octanol–water partition coefficient (Wildman–Crippen LogP) is 5.09. The molecule has 4 rings (SSSR count). The number of aromatic nitrogens is 1. The Morgan fingerprint density at radius 3 is 2.35 bits per heavy atom. The zero-order valence-electron chi connectivity index (χ0n) is 18.3. The predicted molar refractivity (Wildman–Crippen MR) is 122 cm³/mol. The van der Waals surface area contributed by atoms with Crippen molar-refractivity contribution in [3.8, 4) is 22.6 Å². The first-order valence-corrected chi connectivity index (χ1v) is 10.6. The number of hydrogen-bond acceptors (Lipinski definition) is 4. The Bertz CT molecular complexity index is 1060. The van der Waals surface area contributed by atoms with Crippen molar-refractivity contribution < 1.29 is 14.3 Å². The molecule has 2 heterocycles. The molecule has 0 radical (unpaired) electrons. The van der Waals surface area contributed by atoms with Crippen molar-refractivity contribution in [1.29, 1.82) is 0 Å². The normalized spacial score (nSPS) is 14.4. The van der Waals surface area contributed by atoms with Gasteiger partial charge in [0.2, 0.25) is 0 Å². The quantitative estimate of drug-likeness (QED) is 0.581. The molecule has 1 fully saturated rings. The number of hydrogen-bond donors (Lipinski definition) is 0. The van der Waals surface area contributed by atoms with Gasteiger partial charge >= 0.3 is 0 Å². The van der Waals surface area contributed by atoms with Gasteiger partial charge in [0.25, 0.3) is 5.91 Å². The first kappa shape index (κ1) is 20.9. The maximum absolute atomic E-state index is 13.2. The minimum Gasteiger partial charge on any atom is -0.497 e. The van der Waals surface area contributed by atoms with Crippen molar-refractivity contribution in [3.63, 3.8) is 0 Å². The Balaban J connectivity index is 1.49. The number of aryl methyl sites for hydroxylation is 1. The summed E-state index contributed by atoms with van der Waals surface area (Å²) in [5.74, 6) is 1.55. The van der Waals surface area contributed by atoms with Gasteiger partial charge in [-0.1, -0.05) is 30.3 Å². The van der Waals surface area contributed by atoms with E-state index in [4.69, 9.17) is 14.5 Å². The molecule has 0 N–H and O–H groups in total. The zero-order valence-corrected chi connectivity index (χ0v) is 18.3. The van der Waals surface area contributed by atoms with Gasteiger partial charge in [-0.25, -0.2) is 0 Å². The molecule has 160 valence electrons. The molecule has 3 aromatic rings. The maximum Gasteiger partial charge on any atom is 0.257 e. The first-order valence-electron chi connectivity index (χ1n) is 10.6. The van der Waals surface area contributed by atoms with Crippen molar-refractivity contribution in [3.05, 3.63) is 77.6 Å².